The first kappa shape index (κ1) is 17.8. The number of rotatable bonds is 7. The number of anilines is 1. The zero-order chi connectivity index (χ0) is 16.6. The molecule has 0 atom stereocenters. The van der Waals surface area contributed by atoms with Gasteiger partial charge in [0.05, 0.1) is 0 Å². The third-order valence-electron chi connectivity index (χ3n) is 6.78. The van der Waals surface area contributed by atoms with Gasteiger partial charge in [0.25, 0.3) is 0 Å². The van der Waals surface area contributed by atoms with Crippen LogP contribution < -0.4 is 5.32 Å². The molecule has 134 valence electrons. The standard InChI is InChI=1S/C23H37N/c1-24-23-18-9-8-15-21(23)16-10-17-22(19-11-4-2-5-12-19)20-13-6-3-7-14-20/h8-9,15,18-20,22,24H,2-7,10-14,16-17H2,1H3. The van der Waals surface area contributed by atoms with E-state index in [-0.39, 0.29) is 0 Å². The van der Waals surface area contributed by atoms with Crippen LogP contribution >= 0.6 is 0 Å². The maximum Gasteiger partial charge on any atom is 0.0370 e. The zero-order valence-electron chi connectivity index (χ0n) is 15.7. The van der Waals surface area contributed by atoms with Gasteiger partial charge in [-0.1, -0.05) is 82.4 Å². The van der Waals surface area contributed by atoms with Gasteiger partial charge in [-0.25, -0.2) is 0 Å². The van der Waals surface area contributed by atoms with Crippen molar-refractivity contribution in [1.82, 2.24) is 0 Å². The van der Waals surface area contributed by atoms with Crippen molar-refractivity contribution in [3.05, 3.63) is 29.8 Å². The molecule has 2 saturated carbocycles. The molecule has 0 aromatic heterocycles. The lowest BCUT2D eigenvalue weighted by atomic mass is 9.68. The van der Waals surface area contributed by atoms with Crippen molar-refractivity contribution in [2.45, 2.75) is 83.5 Å². The maximum absolute atomic E-state index is 3.36. The minimum Gasteiger partial charge on any atom is -0.388 e. The average Bonchev–Trinajstić information content (AvgIpc) is 2.67. The van der Waals surface area contributed by atoms with E-state index in [1.54, 1.807) is 0 Å². The molecule has 0 saturated heterocycles. The topological polar surface area (TPSA) is 12.0 Å². The van der Waals surface area contributed by atoms with Gasteiger partial charge in [0.15, 0.2) is 0 Å². The molecule has 1 aromatic rings. The molecule has 0 amide bonds. The highest BCUT2D eigenvalue weighted by atomic mass is 14.8. The second kappa shape index (κ2) is 9.49. The van der Waals surface area contributed by atoms with Crippen molar-refractivity contribution in [2.24, 2.45) is 17.8 Å². The quantitative estimate of drug-likeness (QED) is 0.579. The fraction of sp³-hybridized carbons (Fsp3) is 0.739. The van der Waals surface area contributed by atoms with Crippen LogP contribution in [0.15, 0.2) is 24.3 Å². The van der Waals surface area contributed by atoms with Crippen LogP contribution in [0, 0.1) is 17.8 Å². The smallest absolute Gasteiger partial charge is 0.0370 e. The lowest BCUT2D eigenvalue weighted by Crippen LogP contribution is -2.27. The third-order valence-corrected chi connectivity index (χ3v) is 6.78. The van der Waals surface area contributed by atoms with Gasteiger partial charge >= 0.3 is 0 Å². The van der Waals surface area contributed by atoms with Gasteiger partial charge in [-0.3, -0.25) is 0 Å². The van der Waals surface area contributed by atoms with E-state index in [4.69, 9.17) is 0 Å². The first-order valence-corrected chi connectivity index (χ1v) is 10.6. The van der Waals surface area contributed by atoms with Crippen LogP contribution in [0.5, 0.6) is 0 Å². The summed E-state index contributed by atoms with van der Waals surface area (Å²) >= 11 is 0. The Morgan fingerprint density at radius 3 is 2.04 bits per heavy atom. The highest BCUT2D eigenvalue weighted by Gasteiger charge is 2.30. The Balaban J connectivity index is 1.58. The Morgan fingerprint density at radius 1 is 0.875 bits per heavy atom. The Hall–Kier alpha value is -0.980. The number of hydrogen-bond acceptors (Lipinski definition) is 1. The number of para-hydroxylation sites is 1. The summed E-state index contributed by atoms with van der Waals surface area (Å²) in [5.41, 5.74) is 2.83. The molecule has 2 aliphatic carbocycles. The van der Waals surface area contributed by atoms with E-state index in [1.807, 2.05) is 7.05 Å². The fourth-order valence-corrected chi connectivity index (χ4v) is 5.49. The van der Waals surface area contributed by atoms with E-state index in [1.165, 1.54) is 94.7 Å². The molecular formula is C23H37N. The second-order valence-corrected chi connectivity index (χ2v) is 8.26. The summed E-state index contributed by atoms with van der Waals surface area (Å²) in [7, 11) is 2.05. The minimum atomic E-state index is 1.02. The molecule has 2 aliphatic rings. The Bertz CT molecular complexity index is 451. The van der Waals surface area contributed by atoms with Crippen LogP contribution in [-0.2, 0) is 6.42 Å². The average molecular weight is 328 g/mol. The largest absolute Gasteiger partial charge is 0.388 e. The van der Waals surface area contributed by atoms with Crippen LogP contribution in [0.4, 0.5) is 5.69 Å². The molecule has 0 aliphatic heterocycles. The van der Waals surface area contributed by atoms with E-state index < -0.39 is 0 Å². The van der Waals surface area contributed by atoms with E-state index >= 15 is 0 Å². The maximum atomic E-state index is 3.36. The predicted octanol–water partition coefficient (Wildman–Crippen LogP) is 6.83. The normalized spacial score (nSPS) is 20.4. The van der Waals surface area contributed by atoms with Crippen molar-refractivity contribution in [2.75, 3.05) is 12.4 Å². The molecule has 24 heavy (non-hydrogen) atoms. The van der Waals surface area contributed by atoms with Gasteiger partial charge in [-0.2, -0.15) is 0 Å². The Kier molecular flexibility index (Phi) is 7.05. The van der Waals surface area contributed by atoms with Crippen LogP contribution in [0.25, 0.3) is 0 Å². The second-order valence-electron chi connectivity index (χ2n) is 8.26. The minimum absolute atomic E-state index is 1.02. The summed E-state index contributed by atoms with van der Waals surface area (Å²) < 4.78 is 0. The molecule has 1 nitrogen and oxygen atoms in total. The fourth-order valence-electron chi connectivity index (χ4n) is 5.49. The van der Waals surface area contributed by atoms with Crippen LogP contribution in [0.2, 0.25) is 0 Å². The molecule has 3 rings (SSSR count). The van der Waals surface area contributed by atoms with Crippen molar-refractivity contribution < 1.29 is 0 Å². The molecule has 1 heteroatoms. The van der Waals surface area contributed by atoms with Crippen LogP contribution in [0.3, 0.4) is 0 Å². The van der Waals surface area contributed by atoms with Gasteiger partial charge < -0.3 is 5.32 Å². The van der Waals surface area contributed by atoms with E-state index in [0.717, 1.165) is 17.8 Å². The molecule has 0 unspecified atom stereocenters. The summed E-state index contributed by atoms with van der Waals surface area (Å²) in [6.45, 7) is 0. The van der Waals surface area contributed by atoms with Crippen molar-refractivity contribution in [3.63, 3.8) is 0 Å². The van der Waals surface area contributed by atoms with Gasteiger partial charge in [-0.15, -0.1) is 0 Å². The van der Waals surface area contributed by atoms with E-state index in [2.05, 4.69) is 29.6 Å². The number of aryl methyl sites for hydroxylation is 1. The first-order valence-electron chi connectivity index (χ1n) is 10.6. The molecule has 0 bridgehead atoms. The summed E-state index contributed by atoms with van der Waals surface area (Å²) in [4.78, 5) is 0. The van der Waals surface area contributed by atoms with Crippen molar-refractivity contribution in [3.8, 4) is 0 Å². The monoisotopic (exact) mass is 327 g/mol. The number of nitrogens with one attached hydrogen (secondary N) is 1. The molecule has 1 N–H and O–H groups in total. The summed E-state index contributed by atoms with van der Waals surface area (Å²) in [5.74, 6) is 3.11. The van der Waals surface area contributed by atoms with E-state index in [9.17, 15) is 0 Å². The SMILES string of the molecule is CNc1ccccc1CCCC(C1CCCCC1)C1CCCCC1. The molecular weight excluding hydrogens is 290 g/mol. The summed E-state index contributed by atoms with van der Waals surface area (Å²) in [6, 6.07) is 8.86. The summed E-state index contributed by atoms with van der Waals surface area (Å²) in [5, 5.41) is 3.36. The summed E-state index contributed by atoms with van der Waals surface area (Å²) in [6.07, 6.45) is 19.1. The Morgan fingerprint density at radius 2 is 1.46 bits per heavy atom. The number of hydrogen-bond donors (Lipinski definition) is 1. The van der Waals surface area contributed by atoms with E-state index in [0.29, 0.717) is 0 Å². The first-order chi connectivity index (χ1) is 11.9. The lowest BCUT2D eigenvalue weighted by molar-refractivity contribution is 0.132. The predicted molar refractivity (Wildman–Crippen MR) is 106 cm³/mol. The van der Waals surface area contributed by atoms with Crippen molar-refractivity contribution in [1.29, 1.82) is 0 Å². The highest BCUT2D eigenvalue weighted by Crippen LogP contribution is 2.42. The van der Waals surface area contributed by atoms with Gasteiger partial charge in [0.2, 0.25) is 0 Å². The van der Waals surface area contributed by atoms with Crippen LogP contribution in [-0.4, -0.2) is 7.05 Å². The number of benzene rings is 1. The molecule has 0 spiro atoms. The lowest BCUT2D eigenvalue weighted by Gasteiger charge is -2.38. The highest BCUT2D eigenvalue weighted by molar-refractivity contribution is 5.50. The van der Waals surface area contributed by atoms with Gasteiger partial charge in [0, 0.05) is 12.7 Å². The molecule has 0 heterocycles. The third kappa shape index (κ3) is 4.77. The zero-order valence-corrected chi connectivity index (χ0v) is 15.7. The molecule has 2 fully saturated rings. The molecule has 1 aromatic carbocycles. The van der Waals surface area contributed by atoms with Crippen LogP contribution in [0.1, 0.15) is 82.6 Å². The van der Waals surface area contributed by atoms with Gasteiger partial charge in [0.1, 0.15) is 0 Å². The van der Waals surface area contributed by atoms with Crippen molar-refractivity contribution >= 4 is 5.69 Å². The molecule has 0 radical (unpaired) electrons. The Labute approximate surface area is 149 Å². The van der Waals surface area contributed by atoms with Gasteiger partial charge in [-0.05, 0) is 48.6 Å².